The minimum atomic E-state index is 0.523. The minimum Gasteiger partial charge on any atom is -0.480 e. The predicted octanol–water partition coefficient (Wildman–Crippen LogP) is 2.51. The standard InChI is InChI=1S/C17H16N6O/c1-11-4-12(7-18-6-11)15-9-19-16-5-14(13-8-20-22(2)10-13)17(24-3)21-23(15)16/h4-10H,1-3H3. The Morgan fingerprint density at radius 2 is 1.92 bits per heavy atom. The quantitative estimate of drug-likeness (QED) is 0.580. The van der Waals surface area contributed by atoms with Crippen LogP contribution in [0.15, 0.2) is 43.1 Å². The number of methoxy groups -OCH3 is 1. The van der Waals surface area contributed by atoms with E-state index in [1.165, 1.54) is 0 Å². The van der Waals surface area contributed by atoms with Gasteiger partial charge in [-0.25, -0.2) is 9.50 Å². The van der Waals surface area contributed by atoms with Crippen molar-refractivity contribution in [3.05, 3.63) is 48.7 Å². The van der Waals surface area contributed by atoms with Crippen LogP contribution >= 0.6 is 0 Å². The highest BCUT2D eigenvalue weighted by Crippen LogP contribution is 2.30. The first-order chi connectivity index (χ1) is 11.7. The summed E-state index contributed by atoms with van der Waals surface area (Å²) >= 11 is 0. The van der Waals surface area contributed by atoms with Crippen molar-refractivity contribution < 1.29 is 4.74 Å². The van der Waals surface area contributed by atoms with Crippen molar-refractivity contribution in [2.45, 2.75) is 6.92 Å². The predicted molar refractivity (Wildman–Crippen MR) is 89.7 cm³/mol. The number of hydrogen-bond donors (Lipinski definition) is 0. The summed E-state index contributed by atoms with van der Waals surface area (Å²) in [5.74, 6) is 0.523. The molecular formula is C17H16N6O. The van der Waals surface area contributed by atoms with Crippen LogP contribution < -0.4 is 4.74 Å². The topological polar surface area (TPSA) is 70.1 Å². The Morgan fingerprint density at radius 3 is 2.62 bits per heavy atom. The van der Waals surface area contributed by atoms with Crippen molar-refractivity contribution in [2.75, 3.05) is 7.11 Å². The molecule has 7 heteroatoms. The number of pyridine rings is 1. The third kappa shape index (κ3) is 2.30. The van der Waals surface area contributed by atoms with E-state index in [9.17, 15) is 0 Å². The molecule has 4 heterocycles. The van der Waals surface area contributed by atoms with Crippen LogP contribution in [-0.2, 0) is 7.05 Å². The highest BCUT2D eigenvalue weighted by Gasteiger charge is 2.15. The maximum Gasteiger partial charge on any atom is 0.239 e. The third-order valence-electron chi connectivity index (χ3n) is 3.84. The summed E-state index contributed by atoms with van der Waals surface area (Å²) in [4.78, 5) is 8.73. The SMILES string of the molecule is COc1nn2c(-c3cncc(C)c3)cnc2cc1-c1cnn(C)c1. The number of imidazole rings is 1. The van der Waals surface area contributed by atoms with Crippen molar-refractivity contribution in [1.29, 1.82) is 0 Å². The molecule has 4 aromatic rings. The number of fused-ring (bicyclic) bond motifs is 1. The van der Waals surface area contributed by atoms with Crippen molar-refractivity contribution in [2.24, 2.45) is 7.05 Å². The van der Waals surface area contributed by atoms with E-state index in [1.807, 2.05) is 32.4 Å². The number of hydrogen-bond acceptors (Lipinski definition) is 5. The second kappa shape index (κ2) is 5.45. The number of rotatable bonds is 3. The van der Waals surface area contributed by atoms with Gasteiger partial charge in [-0.15, -0.1) is 5.10 Å². The summed E-state index contributed by atoms with van der Waals surface area (Å²) in [6, 6.07) is 4.01. The van der Waals surface area contributed by atoms with Crippen molar-refractivity contribution in [3.63, 3.8) is 0 Å². The van der Waals surface area contributed by atoms with Gasteiger partial charge in [0, 0.05) is 36.8 Å². The van der Waals surface area contributed by atoms with Crippen LogP contribution in [0.3, 0.4) is 0 Å². The Bertz CT molecular complexity index is 1030. The Kier molecular flexibility index (Phi) is 3.26. The average Bonchev–Trinajstić information content (AvgIpc) is 3.19. The van der Waals surface area contributed by atoms with E-state index < -0.39 is 0 Å². The average molecular weight is 320 g/mol. The Morgan fingerprint density at radius 1 is 1.04 bits per heavy atom. The largest absolute Gasteiger partial charge is 0.480 e. The Hall–Kier alpha value is -3.22. The molecule has 0 fully saturated rings. The molecule has 0 unspecified atom stereocenters. The van der Waals surface area contributed by atoms with Crippen LogP contribution in [0.2, 0.25) is 0 Å². The van der Waals surface area contributed by atoms with E-state index in [1.54, 1.807) is 34.9 Å². The molecule has 0 aliphatic carbocycles. The second-order valence-corrected chi connectivity index (χ2v) is 5.63. The number of aryl methyl sites for hydroxylation is 2. The highest BCUT2D eigenvalue weighted by atomic mass is 16.5. The van der Waals surface area contributed by atoms with Crippen LogP contribution in [0.25, 0.3) is 28.0 Å². The van der Waals surface area contributed by atoms with Crippen molar-refractivity contribution in [3.8, 4) is 28.3 Å². The molecule has 0 aliphatic rings. The molecule has 0 atom stereocenters. The molecule has 120 valence electrons. The summed E-state index contributed by atoms with van der Waals surface area (Å²) in [5, 5.41) is 8.82. The summed E-state index contributed by atoms with van der Waals surface area (Å²) in [5.41, 5.74) is 5.46. The smallest absolute Gasteiger partial charge is 0.239 e. The molecule has 0 aromatic carbocycles. The van der Waals surface area contributed by atoms with Gasteiger partial charge in [0.2, 0.25) is 5.88 Å². The van der Waals surface area contributed by atoms with Gasteiger partial charge in [-0.05, 0) is 24.6 Å². The molecule has 4 rings (SSSR count). The molecule has 0 N–H and O–H groups in total. The lowest BCUT2D eigenvalue weighted by Crippen LogP contribution is -2.00. The van der Waals surface area contributed by atoms with E-state index in [0.29, 0.717) is 5.88 Å². The first kappa shape index (κ1) is 14.4. The summed E-state index contributed by atoms with van der Waals surface area (Å²) in [7, 11) is 3.49. The van der Waals surface area contributed by atoms with Crippen LogP contribution in [0.1, 0.15) is 5.56 Å². The first-order valence-corrected chi connectivity index (χ1v) is 7.49. The van der Waals surface area contributed by atoms with Gasteiger partial charge in [-0.1, -0.05) is 0 Å². The zero-order valence-electron chi connectivity index (χ0n) is 13.6. The van der Waals surface area contributed by atoms with E-state index in [4.69, 9.17) is 4.74 Å². The molecule has 4 aromatic heterocycles. The molecule has 7 nitrogen and oxygen atoms in total. The lowest BCUT2D eigenvalue weighted by atomic mass is 10.1. The maximum atomic E-state index is 5.49. The summed E-state index contributed by atoms with van der Waals surface area (Å²) in [6.07, 6.45) is 9.13. The van der Waals surface area contributed by atoms with E-state index >= 15 is 0 Å². The molecule has 0 bridgehead atoms. The van der Waals surface area contributed by atoms with Gasteiger partial charge < -0.3 is 4.74 Å². The summed E-state index contributed by atoms with van der Waals surface area (Å²) < 4.78 is 9.01. The second-order valence-electron chi connectivity index (χ2n) is 5.63. The van der Waals surface area contributed by atoms with Crippen LogP contribution in [0, 0.1) is 6.92 Å². The van der Waals surface area contributed by atoms with Gasteiger partial charge in [-0.3, -0.25) is 9.67 Å². The van der Waals surface area contributed by atoms with E-state index in [-0.39, 0.29) is 0 Å². The summed E-state index contributed by atoms with van der Waals surface area (Å²) in [6.45, 7) is 2.01. The zero-order valence-corrected chi connectivity index (χ0v) is 13.6. The zero-order chi connectivity index (χ0) is 16.7. The highest BCUT2D eigenvalue weighted by molar-refractivity contribution is 5.73. The normalized spacial score (nSPS) is 11.1. The van der Waals surface area contributed by atoms with Gasteiger partial charge in [0.15, 0.2) is 5.65 Å². The monoisotopic (exact) mass is 320 g/mol. The molecule has 0 saturated carbocycles. The lowest BCUT2D eigenvalue weighted by Gasteiger charge is -2.08. The minimum absolute atomic E-state index is 0.523. The maximum absolute atomic E-state index is 5.49. The number of nitrogens with zero attached hydrogens (tertiary/aromatic N) is 6. The lowest BCUT2D eigenvalue weighted by molar-refractivity contribution is 0.392. The number of aromatic nitrogens is 6. The van der Waals surface area contributed by atoms with Crippen molar-refractivity contribution in [1.82, 2.24) is 29.4 Å². The van der Waals surface area contributed by atoms with E-state index in [0.717, 1.165) is 33.6 Å². The fourth-order valence-corrected chi connectivity index (χ4v) is 2.71. The van der Waals surface area contributed by atoms with Gasteiger partial charge in [-0.2, -0.15) is 5.10 Å². The van der Waals surface area contributed by atoms with Crippen LogP contribution in [-0.4, -0.2) is 36.5 Å². The molecule has 0 spiro atoms. The van der Waals surface area contributed by atoms with E-state index in [2.05, 4.69) is 26.2 Å². The number of ether oxygens (including phenoxy) is 1. The van der Waals surface area contributed by atoms with Crippen molar-refractivity contribution >= 4 is 5.65 Å². The molecule has 0 saturated heterocycles. The van der Waals surface area contributed by atoms with Gasteiger partial charge in [0.25, 0.3) is 0 Å². The fraction of sp³-hybridized carbons (Fsp3) is 0.176. The molecule has 0 aliphatic heterocycles. The molecule has 0 radical (unpaired) electrons. The van der Waals surface area contributed by atoms with Crippen LogP contribution in [0.5, 0.6) is 5.88 Å². The Labute approximate surface area is 138 Å². The Balaban J connectivity index is 1.92. The van der Waals surface area contributed by atoms with Crippen LogP contribution in [0.4, 0.5) is 0 Å². The van der Waals surface area contributed by atoms with Gasteiger partial charge in [0.1, 0.15) is 0 Å². The first-order valence-electron chi connectivity index (χ1n) is 7.49. The van der Waals surface area contributed by atoms with Gasteiger partial charge >= 0.3 is 0 Å². The van der Waals surface area contributed by atoms with Gasteiger partial charge in [0.05, 0.1) is 30.8 Å². The fourth-order valence-electron chi connectivity index (χ4n) is 2.71. The molecular weight excluding hydrogens is 304 g/mol. The molecule has 24 heavy (non-hydrogen) atoms. The molecule has 0 amide bonds. The third-order valence-corrected chi connectivity index (χ3v) is 3.84.